The zero-order valence-corrected chi connectivity index (χ0v) is 11.3. The van der Waals surface area contributed by atoms with Gasteiger partial charge in [-0.25, -0.2) is 4.79 Å². The van der Waals surface area contributed by atoms with Crippen LogP contribution in [-0.2, 0) is 4.74 Å². The molecule has 0 fully saturated rings. The van der Waals surface area contributed by atoms with Crippen LogP contribution in [0.2, 0.25) is 5.02 Å². The van der Waals surface area contributed by atoms with E-state index in [0.717, 1.165) is 0 Å². The average Bonchev–Trinajstić information content (AvgIpc) is 2.30. The number of halogens is 4. The van der Waals surface area contributed by atoms with Crippen molar-refractivity contribution < 1.29 is 27.4 Å². The number of nitrogen functional groups attached to an aromatic ring is 1. The van der Waals surface area contributed by atoms with E-state index in [1.807, 2.05) is 0 Å². The third kappa shape index (κ3) is 4.80. The summed E-state index contributed by atoms with van der Waals surface area (Å²) in [5, 5.41) is -0.0461. The molecule has 0 heterocycles. The molecule has 1 aromatic rings. The van der Waals surface area contributed by atoms with Gasteiger partial charge in [-0.05, 0) is 19.1 Å². The van der Waals surface area contributed by atoms with Gasteiger partial charge >= 0.3 is 12.1 Å². The van der Waals surface area contributed by atoms with Gasteiger partial charge in [0.25, 0.3) is 0 Å². The predicted molar refractivity (Wildman–Crippen MR) is 68.0 cm³/mol. The lowest BCUT2D eigenvalue weighted by Crippen LogP contribution is -2.15. The first-order valence-corrected chi connectivity index (χ1v) is 6.08. The summed E-state index contributed by atoms with van der Waals surface area (Å²) in [4.78, 5) is 11.7. The second-order valence-corrected chi connectivity index (χ2v) is 4.22. The van der Waals surface area contributed by atoms with E-state index in [0.29, 0.717) is 0 Å². The van der Waals surface area contributed by atoms with E-state index in [-0.39, 0.29) is 28.6 Å². The van der Waals surface area contributed by atoms with Gasteiger partial charge in [-0.3, -0.25) is 0 Å². The summed E-state index contributed by atoms with van der Waals surface area (Å²) < 4.78 is 46.0. The fraction of sp³-hybridized carbons (Fsp3) is 0.417. The Morgan fingerprint density at radius 2 is 2.05 bits per heavy atom. The SMILES string of the molecule is CCOC(=O)c1cc(N)cc(Cl)c1OCCC(F)(F)F. The van der Waals surface area contributed by atoms with E-state index in [1.54, 1.807) is 6.92 Å². The quantitative estimate of drug-likeness (QED) is 0.668. The lowest BCUT2D eigenvalue weighted by atomic mass is 10.1. The van der Waals surface area contributed by atoms with Crippen molar-refractivity contribution in [3.05, 3.63) is 22.7 Å². The molecule has 1 rings (SSSR count). The second kappa shape index (κ2) is 6.69. The summed E-state index contributed by atoms with van der Waals surface area (Å²) >= 11 is 5.83. The third-order valence-corrected chi connectivity index (χ3v) is 2.47. The number of nitrogens with two attached hydrogens (primary N) is 1. The molecule has 112 valence electrons. The Balaban J connectivity index is 2.95. The summed E-state index contributed by atoms with van der Waals surface area (Å²) in [7, 11) is 0. The molecule has 0 atom stereocenters. The molecule has 0 amide bonds. The molecule has 0 aliphatic rings. The summed E-state index contributed by atoms with van der Waals surface area (Å²) in [6, 6.07) is 2.53. The van der Waals surface area contributed by atoms with E-state index in [2.05, 4.69) is 0 Å². The average molecular weight is 312 g/mol. The van der Waals surface area contributed by atoms with Gasteiger partial charge < -0.3 is 15.2 Å². The summed E-state index contributed by atoms with van der Waals surface area (Å²) in [5.41, 5.74) is 5.62. The van der Waals surface area contributed by atoms with Crippen LogP contribution in [0.4, 0.5) is 18.9 Å². The first kappa shape index (κ1) is 16.4. The van der Waals surface area contributed by atoms with Crippen LogP contribution in [0.1, 0.15) is 23.7 Å². The van der Waals surface area contributed by atoms with Gasteiger partial charge in [-0.1, -0.05) is 11.6 Å². The van der Waals surface area contributed by atoms with Crippen LogP contribution >= 0.6 is 11.6 Å². The van der Waals surface area contributed by atoms with Crippen molar-refractivity contribution in [3.63, 3.8) is 0 Å². The van der Waals surface area contributed by atoms with Crippen molar-refractivity contribution >= 4 is 23.3 Å². The van der Waals surface area contributed by atoms with Crippen molar-refractivity contribution in [1.82, 2.24) is 0 Å². The molecule has 20 heavy (non-hydrogen) atoms. The zero-order valence-electron chi connectivity index (χ0n) is 10.6. The topological polar surface area (TPSA) is 61.5 Å². The lowest BCUT2D eigenvalue weighted by Gasteiger charge is -2.14. The maximum atomic E-state index is 12.1. The number of hydrogen-bond donors (Lipinski definition) is 1. The Bertz CT molecular complexity index is 492. The van der Waals surface area contributed by atoms with Crippen LogP contribution in [0, 0.1) is 0 Å². The van der Waals surface area contributed by atoms with Crippen molar-refractivity contribution in [1.29, 1.82) is 0 Å². The number of esters is 1. The molecule has 0 unspecified atom stereocenters. The fourth-order valence-corrected chi connectivity index (χ4v) is 1.67. The highest BCUT2D eigenvalue weighted by Crippen LogP contribution is 2.33. The van der Waals surface area contributed by atoms with Crippen molar-refractivity contribution in [2.45, 2.75) is 19.5 Å². The molecular formula is C12H13ClF3NO3. The van der Waals surface area contributed by atoms with Crippen LogP contribution in [0.3, 0.4) is 0 Å². The Hall–Kier alpha value is -1.63. The number of carbonyl (C=O) groups excluding carboxylic acids is 1. The first-order chi connectivity index (χ1) is 9.24. The van der Waals surface area contributed by atoms with E-state index >= 15 is 0 Å². The Kier molecular flexibility index (Phi) is 5.50. The molecule has 0 aromatic heterocycles. The van der Waals surface area contributed by atoms with Crippen molar-refractivity contribution in [2.75, 3.05) is 18.9 Å². The van der Waals surface area contributed by atoms with Gasteiger partial charge in [0.15, 0.2) is 5.75 Å². The largest absolute Gasteiger partial charge is 0.491 e. The Morgan fingerprint density at radius 3 is 2.60 bits per heavy atom. The number of carbonyl (C=O) groups is 1. The summed E-state index contributed by atoms with van der Waals surface area (Å²) in [6.07, 6.45) is -5.51. The first-order valence-electron chi connectivity index (χ1n) is 5.70. The molecule has 0 saturated heterocycles. The molecule has 0 spiro atoms. The third-order valence-electron chi connectivity index (χ3n) is 2.19. The number of rotatable bonds is 5. The zero-order chi connectivity index (χ0) is 15.3. The molecule has 4 nitrogen and oxygen atoms in total. The van der Waals surface area contributed by atoms with Gasteiger partial charge in [-0.2, -0.15) is 13.2 Å². The fourth-order valence-electron chi connectivity index (χ4n) is 1.39. The number of benzene rings is 1. The van der Waals surface area contributed by atoms with E-state index in [9.17, 15) is 18.0 Å². The number of ether oxygens (including phenoxy) is 2. The second-order valence-electron chi connectivity index (χ2n) is 3.81. The standard InChI is InChI=1S/C12H13ClF3NO3/c1-2-19-11(18)8-5-7(17)6-9(13)10(8)20-4-3-12(14,15)16/h5-6H,2-4,17H2,1H3. The van der Waals surface area contributed by atoms with Crippen LogP contribution in [0.15, 0.2) is 12.1 Å². The van der Waals surface area contributed by atoms with E-state index in [4.69, 9.17) is 26.8 Å². The van der Waals surface area contributed by atoms with Crippen molar-refractivity contribution in [3.8, 4) is 5.75 Å². The smallest absolute Gasteiger partial charge is 0.392 e. The highest BCUT2D eigenvalue weighted by atomic mass is 35.5. The molecule has 2 N–H and O–H groups in total. The number of alkyl halides is 3. The number of anilines is 1. The van der Waals surface area contributed by atoms with Gasteiger partial charge in [0.2, 0.25) is 0 Å². The minimum absolute atomic E-state index is 0.0461. The van der Waals surface area contributed by atoms with Crippen molar-refractivity contribution in [2.24, 2.45) is 0 Å². The highest BCUT2D eigenvalue weighted by molar-refractivity contribution is 6.33. The normalized spacial score (nSPS) is 11.2. The van der Waals surface area contributed by atoms with Crippen LogP contribution in [-0.4, -0.2) is 25.4 Å². The Labute approximate surface area is 118 Å². The maximum absolute atomic E-state index is 12.1. The number of hydrogen-bond acceptors (Lipinski definition) is 4. The Morgan fingerprint density at radius 1 is 1.40 bits per heavy atom. The highest BCUT2D eigenvalue weighted by Gasteiger charge is 2.27. The summed E-state index contributed by atoms with van der Waals surface area (Å²) in [5.74, 6) is -0.924. The van der Waals surface area contributed by atoms with Crippen LogP contribution < -0.4 is 10.5 Å². The monoisotopic (exact) mass is 311 g/mol. The van der Waals surface area contributed by atoms with Crippen LogP contribution in [0.5, 0.6) is 5.75 Å². The van der Waals surface area contributed by atoms with Gasteiger partial charge in [-0.15, -0.1) is 0 Å². The maximum Gasteiger partial charge on any atom is 0.392 e. The molecular weight excluding hydrogens is 299 g/mol. The summed E-state index contributed by atoms with van der Waals surface area (Å²) in [6.45, 7) is 1.04. The molecule has 8 heteroatoms. The molecule has 0 aliphatic carbocycles. The minimum atomic E-state index is -4.36. The molecule has 1 aromatic carbocycles. The molecule has 0 radical (unpaired) electrons. The van der Waals surface area contributed by atoms with Gasteiger partial charge in [0.1, 0.15) is 5.56 Å². The van der Waals surface area contributed by atoms with Crippen LogP contribution in [0.25, 0.3) is 0 Å². The van der Waals surface area contributed by atoms with Gasteiger partial charge in [0, 0.05) is 5.69 Å². The molecule has 0 saturated carbocycles. The molecule has 0 aliphatic heterocycles. The van der Waals surface area contributed by atoms with E-state index in [1.165, 1.54) is 12.1 Å². The van der Waals surface area contributed by atoms with Gasteiger partial charge in [0.05, 0.1) is 24.7 Å². The predicted octanol–water partition coefficient (Wildman–Crippen LogP) is 3.43. The van der Waals surface area contributed by atoms with E-state index < -0.39 is 25.2 Å². The lowest BCUT2D eigenvalue weighted by molar-refractivity contribution is -0.139. The molecule has 0 bridgehead atoms. The minimum Gasteiger partial charge on any atom is -0.491 e.